The van der Waals surface area contributed by atoms with Crippen LogP contribution in [-0.4, -0.2) is 12.9 Å². The van der Waals surface area contributed by atoms with E-state index in [1.54, 1.807) is 0 Å². The Balaban J connectivity index is 2.73. The summed E-state index contributed by atoms with van der Waals surface area (Å²) in [7, 11) is 0. The van der Waals surface area contributed by atoms with E-state index in [0.717, 1.165) is 0 Å². The molecular weight excluding hydrogens is 196 g/mol. The molecule has 1 aromatic heterocycles. The molecule has 0 radical (unpaired) electrons. The lowest BCUT2D eigenvalue weighted by atomic mass is 10.4. The molecule has 0 amide bonds. The highest BCUT2D eigenvalue weighted by Crippen LogP contribution is 2.08. The number of carbonyl (C=O) groups excluding carboxylic acids is 2. The molecule has 0 aromatic carbocycles. The second kappa shape index (κ2) is 4.85. The van der Waals surface area contributed by atoms with Crippen LogP contribution in [0.5, 0.6) is 0 Å². The van der Waals surface area contributed by atoms with Crippen LogP contribution in [0.4, 0.5) is 0 Å². The van der Waals surface area contributed by atoms with E-state index in [0.29, 0.717) is 0 Å². The molecule has 0 aliphatic heterocycles. The van der Waals surface area contributed by atoms with E-state index in [4.69, 9.17) is 0 Å². The van der Waals surface area contributed by atoms with Crippen LogP contribution >= 0.6 is 0 Å². The molecule has 0 unspecified atom stereocenters. The van der Waals surface area contributed by atoms with Gasteiger partial charge in [-0.25, -0.2) is 4.79 Å². The lowest BCUT2D eigenvalue weighted by Crippen LogP contribution is -1.95. The second-order valence-electron chi connectivity index (χ2n) is 2.11. The Labute approximate surface area is 77.2 Å². The number of ether oxygens (including phenoxy) is 2. The molecule has 76 valence electrons. The van der Waals surface area contributed by atoms with Crippen LogP contribution in [0.1, 0.15) is 11.5 Å². The molecule has 14 heavy (non-hydrogen) atoms. The van der Waals surface area contributed by atoms with Crippen LogP contribution in [0.25, 0.3) is 0 Å². The molecular formula is C7H6O7. The van der Waals surface area contributed by atoms with Gasteiger partial charge in [0.1, 0.15) is 0 Å². The van der Waals surface area contributed by atoms with Gasteiger partial charge in [-0.1, -0.05) is 0 Å². The second-order valence-corrected chi connectivity index (χ2v) is 2.11. The van der Waals surface area contributed by atoms with Gasteiger partial charge in [0.2, 0.25) is 0 Å². The van der Waals surface area contributed by atoms with Crippen molar-refractivity contribution in [1.82, 2.24) is 0 Å². The molecule has 0 saturated heterocycles. The van der Waals surface area contributed by atoms with E-state index in [1.807, 2.05) is 0 Å². The topological polar surface area (TPSA) is 96.0 Å². The van der Waals surface area contributed by atoms with Crippen molar-refractivity contribution in [2.24, 2.45) is 0 Å². The SMILES string of the molecule is O=COCc1oc(=O)oc1COC=O. The first-order chi connectivity index (χ1) is 6.77. The molecule has 0 aliphatic rings. The van der Waals surface area contributed by atoms with E-state index in [1.165, 1.54) is 0 Å². The molecule has 0 saturated carbocycles. The summed E-state index contributed by atoms with van der Waals surface area (Å²) in [4.78, 5) is 30.3. The maximum absolute atomic E-state index is 10.6. The van der Waals surface area contributed by atoms with Gasteiger partial charge in [-0.15, -0.1) is 0 Å². The molecule has 1 heterocycles. The highest BCUT2D eigenvalue weighted by molar-refractivity contribution is 5.37. The fourth-order valence-electron chi connectivity index (χ4n) is 0.775. The fraction of sp³-hybridized carbons (Fsp3) is 0.286. The molecule has 1 aromatic rings. The standard InChI is InChI=1S/C7H6O7/c8-3-11-1-5-6(2-12-4-9)14-7(10)13-5/h3-4H,1-2H2. The van der Waals surface area contributed by atoms with Crippen molar-refractivity contribution in [2.75, 3.05) is 0 Å². The third kappa shape index (κ3) is 2.47. The largest absolute Gasteiger partial charge is 0.519 e. The predicted molar refractivity (Wildman–Crippen MR) is 39.0 cm³/mol. The smallest absolute Gasteiger partial charge is 0.460 e. The lowest BCUT2D eigenvalue weighted by molar-refractivity contribution is -0.132. The zero-order valence-electron chi connectivity index (χ0n) is 6.93. The first-order valence-electron chi connectivity index (χ1n) is 3.50. The van der Waals surface area contributed by atoms with E-state index >= 15 is 0 Å². The molecule has 0 atom stereocenters. The van der Waals surface area contributed by atoms with Crippen LogP contribution in [0, 0.1) is 0 Å². The Morgan fingerprint density at radius 1 is 1.00 bits per heavy atom. The van der Waals surface area contributed by atoms with Gasteiger partial charge in [0.25, 0.3) is 12.9 Å². The van der Waals surface area contributed by atoms with Crippen molar-refractivity contribution in [3.8, 4) is 0 Å². The molecule has 7 heteroatoms. The summed E-state index contributed by atoms with van der Waals surface area (Å²) in [6.45, 7) is -0.103. The number of rotatable bonds is 6. The van der Waals surface area contributed by atoms with Crippen LogP contribution in [-0.2, 0) is 32.3 Å². The normalized spacial score (nSPS) is 9.43. The summed E-state index contributed by atoms with van der Waals surface area (Å²) in [6, 6.07) is 0. The van der Waals surface area contributed by atoms with Gasteiger partial charge in [-0.3, -0.25) is 9.59 Å². The molecule has 0 bridgehead atoms. The van der Waals surface area contributed by atoms with Crippen molar-refractivity contribution in [3.63, 3.8) is 0 Å². The van der Waals surface area contributed by atoms with E-state index in [2.05, 4.69) is 18.3 Å². The van der Waals surface area contributed by atoms with Gasteiger partial charge in [-0.2, -0.15) is 0 Å². The van der Waals surface area contributed by atoms with Gasteiger partial charge in [0, 0.05) is 0 Å². The maximum Gasteiger partial charge on any atom is 0.519 e. The molecule has 7 nitrogen and oxygen atoms in total. The Morgan fingerprint density at radius 3 is 1.79 bits per heavy atom. The van der Waals surface area contributed by atoms with E-state index in [9.17, 15) is 14.4 Å². The van der Waals surface area contributed by atoms with Gasteiger partial charge < -0.3 is 18.3 Å². The third-order valence-electron chi connectivity index (χ3n) is 1.29. The van der Waals surface area contributed by atoms with Crippen LogP contribution < -0.4 is 5.82 Å². The zero-order chi connectivity index (χ0) is 10.4. The minimum absolute atomic E-state index is 0.0175. The zero-order valence-corrected chi connectivity index (χ0v) is 6.93. The minimum Gasteiger partial charge on any atom is -0.460 e. The quantitative estimate of drug-likeness (QED) is 0.578. The molecule has 0 aliphatic carbocycles. The first-order valence-corrected chi connectivity index (χ1v) is 3.50. The summed E-state index contributed by atoms with van der Waals surface area (Å²) in [6.07, 6.45) is 0. The van der Waals surface area contributed by atoms with E-state index < -0.39 is 5.82 Å². The summed E-state index contributed by atoms with van der Waals surface area (Å²) in [5, 5.41) is 0. The van der Waals surface area contributed by atoms with Crippen molar-refractivity contribution in [1.29, 1.82) is 0 Å². The van der Waals surface area contributed by atoms with Crippen molar-refractivity contribution in [2.45, 2.75) is 13.2 Å². The Bertz CT molecular complexity index is 328. The van der Waals surface area contributed by atoms with Gasteiger partial charge in [0.05, 0.1) is 0 Å². The predicted octanol–water partition coefficient (Wildman–Crippen LogP) is -0.421. The highest BCUT2D eigenvalue weighted by atomic mass is 16.6. The third-order valence-corrected chi connectivity index (χ3v) is 1.29. The Hall–Kier alpha value is -2.05. The van der Waals surface area contributed by atoms with Crippen LogP contribution in [0.2, 0.25) is 0 Å². The average molecular weight is 202 g/mol. The summed E-state index contributed by atoms with van der Waals surface area (Å²) in [5.74, 6) is -0.910. The highest BCUT2D eigenvalue weighted by Gasteiger charge is 2.13. The Morgan fingerprint density at radius 2 is 1.43 bits per heavy atom. The average Bonchev–Trinajstić information content (AvgIpc) is 2.52. The number of hydrogen-bond donors (Lipinski definition) is 0. The van der Waals surface area contributed by atoms with Gasteiger partial charge in [0.15, 0.2) is 24.7 Å². The van der Waals surface area contributed by atoms with Crippen LogP contribution in [0.3, 0.4) is 0 Å². The first kappa shape index (κ1) is 10.0. The monoisotopic (exact) mass is 202 g/mol. The number of hydrogen-bond acceptors (Lipinski definition) is 7. The van der Waals surface area contributed by atoms with Gasteiger partial charge >= 0.3 is 5.82 Å². The van der Waals surface area contributed by atoms with Crippen LogP contribution in [0.15, 0.2) is 13.6 Å². The summed E-state index contributed by atoms with van der Waals surface area (Å²) >= 11 is 0. The van der Waals surface area contributed by atoms with Crippen molar-refractivity contribution >= 4 is 12.9 Å². The van der Waals surface area contributed by atoms with Crippen molar-refractivity contribution < 1.29 is 27.9 Å². The lowest BCUT2D eigenvalue weighted by Gasteiger charge is -1.96. The van der Waals surface area contributed by atoms with E-state index in [-0.39, 0.29) is 37.7 Å². The molecule has 0 fully saturated rings. The summed E-state index contributed by atoms with van der Waals surface area (Å²) < 4.78 is 17.7. The Kier molecular flexibility index (Phi) is 3.48. The molecule has 0 spiro atoms. The van der Waals surface area contributed by atoms with Gasteiger partial charge in [-0.05, 0) is 0 Å². The summed E-state index contributed by atoms with van der Waals surface area (Å²) in [5.41, 5.74) is 0. The van der Waals surface area contributed by atoms with Crippen molar-refractivity contribution in [3.05, 3.63) is 22.1 Å². The minimum atomic E-state index is -0.945. The fourth-order valence-corrected chi connectivity index (χ4v) is 0.775. The number of carbonyl (C=O) groups is 2. The molecule has 0 N–H and O–H groups in total. The maximum atomic E-state index is 10.6. The molecule has 1 rings (SSSR count).